The zero-order valence-corrected chi connectivity index (χ0v) is 19.3. The minimum absolute atomic E-state index is 0.0210. The van der Waals surface area contributed by atoms with Gasteiger partial charge in [-0.15, -0.1) is 0 Å². The number of aromatic nitrogens is 1. The fourth-order valence-corrected chi connectivity index (χ4v) is 4.28. The maximum atomic E-state index is 14.3. The van der Waals surface area contributed by atoms with Crippen molar-refractivity contribution in [2.24, 2.45) is 0 Å². The van der Waals surface area contributed by atoms with Gasteiger partial charge in [-0.1, -0.05) is 30.3 Å². The van der Waals surface area contributed by atoms with Crippen molar-refractivity contribution in [3.63, 3.8) is 0 Å². The highest BCUT2D eigenvalue weighted by atomic mass is 32.2. The van der Waals surface area contributed by atoms with Gasteiger partial charge in [0.1, 0.15) is 17.4 Å². The maximum absolute atomic E-state index is 14.3. The molecule has 0 radical (unpaired) electrons. The Morgan fingerprint density at radius 3 is 2.28 bits per heavy atom. The van der Waals surface area contributed by atoms with Crippen molar-refractivity contribution < 1.29 is 30.4 Å². The van der Waals surface area contributed by atoms with E-state index in [1.807, 2.05) is 0 Å². The van der Waals surface area contributed by atoms with Crippen LogP contribution in [0, 0.1) is 17.1 Å². The van der Waals surface area contributed by atoms with Crippen LogP contribution in [0.1, 0.15) is 16.7 Å². The standard InChI is InChI=1S/C25H16F4N2O4S/c1-36(33,34)18-8-6-15(7-9-18)17-10-23(35-14-17)22-11-20(25(27,28)29)19(12-30)24(32)31(22)13-16-4-2-3-5-21(16)26/h2-11,14H,13H2,1H3. The van der Waals surface area contributed by atoms with Crippen molar-refractivity contribution in [2.75, 3.05) is 6.26 Å². The number of pyridine rings is 1. The number of hydrogen-bond acceptors (Lipinski definition) is 5. The zero-order valence-electron chi connectivity index (χ0n) is 18.5. The molecular formula is C25H16F4N2O4S. The van der Waals surface area contributed by atoms with E-state index in [9.17, 15) is 36.0 Å². The first-order valence-electron chi connectivity index (χ1n) is 10.3. The minimum atomic E-state index is -5.01. The molecule has 0 unspecified atom stereocenters. The molecule has 0 atom stereocenters. The van der Waals surface area contributed by atoms with E-state index in [0.29, 0.717) is 17.2 Å². The summed E-state index contributed by atoms with van der Waals surface area (Å²) in [6.45, 7) is -0.452. The third-order valence-corrected chi connectivity index (χ3v) is 6.60. The third-order valence-electron chi connectivity index (χ3n) is 5.47. The van der Waals surface area contributed by atoms with Gasteiger partial charge in [0.15, 0.2) is 15.6 Å². The van der Waals surface area contributed by atoms with Crippen LogP contribution in [0.2, 0.25) is 0 Å². The molecule has 0 saturated carbocycles. The van der Waals surface area contributed by atoms with Gasteiger partial charge in [0.05, 0.1) is 29.0 Å². The first-order valence-corrected chi connectivity index (χ1v) is 12.2. The number of nitriles is 1. The predicted molar refractivity (Wildman–Crippen MR) is 122 cm³/mol. The molecule has 0 aliphatic rings. The Bertz CT molecular complexity index is 1660. The molecule has 36 heavy (non-hydrogen) atoms. The molecular weight excluding hydrogens is 500 g/mol. The quantitative estimate of drug-likeness (QED) is 0.338. The highest BCUT2D eigenvalue weighted by Gasteiger charge is 2.37. The van der Waals surface area contributed by atoms with E-state index in [2.05, 4.69) is 0 Å². The highest BCUT2D eigenvalue weighted by molar-refractivity contribution is 7.90. The lowest BCUT2D eigenvalue weighted by Gasteiger charge is -2.16. The predicted octanol–water partition coefficient (Wildman–Crippen LogP) is 5.26. The third kappa shape index (κ3) is 4.81. The van der Waals surface area contributed by atoms with Crippen LogP contribution in [0.25, 0.3) is 22.6 Å². The molecule has 184 valence electrons. The average molecular weight is 516 g/mol. The van der Waals surface area contributed by atoms with Crippen molar-refractivity contribution in [3.8, 4) is 28.7 Å². The van der Waals surface area contributed by atoms with Crippen LogP contribution in [-0.2, 0) is 22.6 Å². The van der Waals surface area contributed by atoms with Gasteiger partial charge < -0.3 is 4.42 Å². The molecule has 11 heteroatoms. The molecule has 0 fully saturated rings. The minimum Gasteiger partial charge on any atom is -0.462 e. The van der Waals surface area contributed by atoms with E-state index in [1.54, 1.807) is 0 Å². The van der Waals surface area contributed by atoms with Crippen LogP contribution in [0.3, 0.4) is 0 Å². The fourth-order valence-electron chi connectivity index (χ4n) is 3.65. The Kier molecular flexibility index (Phi) is 6.32. The Morgan fingerprint density at radius 2 is 1.69 bits per heavy atom. The lowest BCUT2D eigenvalue weighted by atomic mass is 10.1. The fraction of sp³-hybridized carbons (Fsp3) is 0.120. The Labute approximate surface area is 202 Å². The summed E-state index contributed by atoms with van der Waals surface area (Å²) in [5.41, 5.74) is -3.20. The molecule has 0 saturated heterocycles. The van der Waals surface area contributed by atoms with Crippen LogP contribution in [0.5, 0.6) is 0 Å². The lowest BCUT2D eigenvalue weighted by molar-refractivity contribution is -0.137. The number of halogens is 4. The Hall–Kier alpha value is -4.17. The van der Waals surface area contributed by atoms with Gasteiger partial charge in [0.25, 0.3) is 5.56 Å². The summed E-state index contributed by atoms with van der Waals surface area (Å²) in [5, 5.41) is 9.30. The summed E-state index contributed by atoms with van der Waals surface area (Å²) in [5.74, 6) is -0.819. The lowest BCUT2D eigenvalue weighted by Crippen LogP contribution is -2.28. The first kappa shape index (κ1) is 24.9. The number of rotatable bonds is 5. The second kappa shape index (κ2) is 9.13. The van der Waals surface area contributed by atoms with E-state index in [-0.39, 0.29) is 21.9 Å². The second-order valence-corrected chi connectivity index (χ2v) is 9.92. The number of sulfone groups is 1. The van der Waals surface area contributed by atoms with Gasteiger partial charge in [-0.25, -0.2) is 12.8 Å². The van der Waals surface area contributed by atoms with E-state index < -0.39 is 45.1 Å². The number of benzene rings is 2. The van der Waals surface area contributed by atoms with Crippen LogP contribution in [-0.4, -0.2) is 19.2 Å². The van der Waals surface area contributed by atoms with Crippen molar-refractivity contribution in [2.45, 2.75) is 17.6 Å². The summed E-state index contributed by atoms with van der Waals surface area (Å²) < 4.78 is 85.1. The number of furan rings is 1. The Morgan fingerprint density at radius 1 is 1.03 bits per heavy atom. The summed E-state index contributed by atoms with van der Waals surface area (Å²) in [6, 6.07) is 14.5. The summed E-state index contributed by atoms with van der Waals surface area (Å²) in [6.07, 6.45) is -2.73. The molecule has 2 heterocycles. The van der Waals surface area contributed by atoms with Gasteiger partial charge in [-0.05, 0) is 35.9 Å². The van der Waals surface area contributed by atoms with E-state index in [0.717, 1.165) is 16.9 Å². The first-order chi connectivity index (χ1) is 16.9. The van der Waals surface area contributed by atoms with Crippen molar-refractivity contribution in [1.29, 1.82) is 5.26 Å². The molecule has 2 aromatic carbocycles. The van der Waals surface area contributed by atoms with E-state index in [4.69, 9.17) is 4.42 Å². The molecule has 4 rings (SSSR count). The largest absolute Gasteiger partial charge is 0.462 e. The molecule has 0 N–H and O–H groups in total. The maximum Gasteiger partial charge on any atom is 0.417 e. The smallest absolute Gasteiger partial charge is 0.417 e. The molecule has 0 spiro atoms. The van der Waals surface area contributed by atoms with Crippen molar-refractivity contribution in [1.82, 2.24) is 4.57 Å². The second-order valence-electron chi connectivity index (χ2n) is 7.91. The van der Waals surface area contributed by atoms with Crippen LogP contribution < -0.4 is 5.56 Å². The summed E-state index contributed by atoms with van der Waals surface area (Å²) in [4.78, 5) is 13.1. The Balaban J connectivity index is 1.89. The van der Waals surface area contributed by atoms with Gasteiger partial charge in [0, 0.05) is 17.4 Å². The monoisotopic (exact) mass is 516 g/mol. The summed E-state index contributed by atoms with van der Waals surface area (Å²) >= 11 is 0. The van der Waals surface area contributed by atoms with Crippen LogP contribution in [0.4, 0.5) is 17.6 Å². The number of nitrogens with zero attached hydrogens (tertiary/aromatic N) is 2. The van der Waals surface area contributed by atoms with Gasteiger partial charge in [-0.2, -0.15) is 18.4 Å². The van der Waals surface area contributed by atoms with Crippen LogP contribution in [0.15, 0.2) is 81.0 Å². The van der Waals surface area contributed by atoms with Crippen molar-refractivity contribution in [3.05, 3.63) is 99.8 Å². The van der Waals surface area contributed by atoms with Gasteiger partial charge in [-0.3, -0.25) is 9.36 Å². The zero-order chi connectivity index (χ0) is 26.3. The van der Waals surface area contributed by atoms with Crippen LogP contribution >= 0.6 is 0 Å². The molecule has 6 nitrogen and oxygen atoms in total. The molecule has 0 aliphatic carbocycles. The highest BCUT2D eigenvalue weighted by Crippen LogP contribution is 2.35. The molecule has 4 aromatic rings. The topological polar surface area (TPSA) is 93.1 Å². The number of hydrogen-bond donors (Lipinski definition) is 0. The SMILES string of the molecule is CS(=O)(=O)c1ccc(-c2coc(-c3cc(C(F)(F)F)c(C#N)c(=O)n3Cc3ccccc3F)c2)cc1. The summed E-state index contributed by atoms with van der Waals surface area (Å²) in [7, 11) is -3.43. The van der Waals surface area contributed by atoms with E-state index >= 15 is 0 Å². The van der Waals surface area contributed by atoms with Gasteiger partial charge in [0.2, 0.25) is 0 Å². The molecule has 0 bridgehead atoms. The average Bonchev–Trinajstić information content (AvgIpc) is 3.30. The normalized spacial score (nSPS) is 11.9. The van der Waals surface area contributed by atoms with Crippen molar-refractivity contribution >= 4 is 9.84 Å². The van der Waals surface area contributed by atoms with Gasteiger partial charge >= 0.3 is 6.18 Å². The number of alkyl halides is 3. The molecule has 2 aromatic heterocycles. The molecule has 0 amide bonds. The van der Waals surface area contributed by atoms with E-state index in [1.165, 1.54) is 60.9 Å². The molecule has 0 aliphatic heterocycles.